The molecule has 25 heavy (non-hydrogen) atoms. The van der Waals surface area contributed by atoms with Crippen LogP contribution in [0.2, 0.25) is 0 Å². The standard InChI is InChI=1S/C18H20O6S/c1-12-3-5-13(6-4-12)7-10-16(17(19)20)25(22)11-14-8-9-15(24-14)18(21)23-2/h3-6,8-9,16H,7,10-11H2,1-2H3,(H,19,20). The van der Waals surface area contributed by atoms with Gasteiger partial charge in [0.1, 0.15) is 11.0 Å². The Kier molecular flexibility index (Phi) is 6.52. The molecule has 2 unspecified atom stereocenters. The number of rotatable bonds is 8. The molecule has 0 saturated carbocycles. The molecule has 0 aliphatic carbocycles. The number of ether oxygens (including phenoxy) is 1. The van der Waals surface area contributed by atoms with E-state index in [0.717, 1.165) is 11.1 Å². The number of carboxylic acid groups (broad SMARTS) is 1. The molecule has 2 rings (SSSR count). The molecule has 2 atom stereocenters. The smallest absolute Gasteiger partial charge is 0.373 e. The summed E-state index contributed by atoms with van der Waals surface area (Å²) in [4.78, 5) is 22.8. The van der Waals surface area contributed by atoms with Gasteiger partial charge in [0, 0.05) is 10.8 Å². The molecule has 7 heteroatoms. The Morgan fingerprint density at radius 1 is 1.20 bits per heavy atom. The number of carboxylic acids is 1. The van der Waals surface area contributed by atoms with Crippen molar-refractivity contribution in [2.24, 2.45) is 0 Å². The average molecular weight is 364 g/mol. The molecular formula is C18H20O6S. The largest absolute Gasteiger partial charge is 0.480 e. The third-order valence-corrected chi connectivity index (χ3v) is 5.38. The van der Waals surface area contributed by atoms with E-state index in [0.29, 0.717) is 12.2 Å². The van der Waals surface area contributed by atoms with E-state index in [1.54, 1.807) is 0 Å². The van der Waals surface area contributed by atoms with Crippen LogP contribution in [0.5, 0.6) is 0 Å². The van der Waals surface area contributed by atoms with Crippen LogP contribution in [-0.4, -0.2) is 33.6 Å². The van der Waals surface area contributed by atoms with Gasteiger partial charge in [-0.2, -0.15) is 0 Å². The molecule has 6 nitrogen and oxygen atoms in total. The molecule has 0 aliphatic rings. The molecule has 0 radical (unpaired) electrons. The summed E-state index contributed by atoms with van der Waals surface area (Å²) in [6.45, 7) is 1.98. The molecule has 2 aromatic rings. The third-order valence-electron chi connectivity index (χ3n) is 3.74. The van der Waals surface area contributed by atoms with E-state index in [1.807, 2.05) is 31.2 Å². The number of furan rings is 1. The van der Waals surface area contributed by atoms with E-state index in [2.05, 4.69) is 4.74 Å². The lowest BCUT2D eigenvalue weighted by Gasteiger charge is -2.11. The van der Waals surface area contributed by atoms with Crippen LogP contribution in [0.25, 0.3) is 0 Å². The second-order valence-corrected chi connectivity index (χ2v) is 7.25. The summed E-state index contributed by atoms with van der Waals surface area (Å²) in [5.41, 5.74) is 2.13. The normalized spacial score (nSPS) is 13.2. The van der Waals surface area contributed by atoms with E-state index in [9.17, 15) is 18.9 Å². The monoisotopic (exact) mass is 364 g/mol. The first-order chi connectivity index (χ1) is 11.9. The fraction of sp³-hybridized carbons (Fsp3) is 0.333. The molecule has 0 spiro atoms. The third kappa shape index (κ3) is 5.29. The Balaban J connectivity index is 2.00. The molecule has 0 aliphatic heterocycles. The highest BCUT2D eigenvalue weighted by Crippen LogP contribution is 2.16. The first kappa shape index (κ1) is 18.9. The number of hydrogen-bond donors (Lipinski definition) is 1. The second-order valence-electron chi connectivity index (χ2n) is 5.63. The maximum absolute atomic E-state index is 12.4. The number of esters is 1. The summed E-state index contributed by atoms with van der Waals surface area (Å²) in [7, 11) is -0.434. The lowest BCUT2D eigenvalue weighted by atomic mass is 10.1. The van der Waals surface area contributed by atoms with Gasteiger partial charge < -0.3 is 14.3 Å². The Morgan fingerprint density at radius 3 is 2.48 bits per heavy atom. The number of carbonyl (C=O) groups is 2. The topological polar surface area (TPSA) is 93.8 Å². The Morgan fingerprint density at radius 2 is 1.88 bits per heavy atom. The zero-order valence-corrected chi connectivity index (χ0v) is 14.9. The highest BCUT2D eigenvalue weighted by atomic mass is 32.2. The molecule has 1 aromatic carbocycles. The minimum atomic E-state index is -1.66. The second kappa shape index (κ2) is 8.62. The van der Waals surface area contributed by atoms with Crippen LogP contribution in [0.1, 0.15) is 33.9 Å². The van der Waals surface area contributed by atoms with Crippen molar-refractivity contribution < 1.29 is 28.1 Å². The van der Waals surface area contributed by atoms with Gasteiger partial charge in [-0.15, -0.1) is 0 Å². The van der Waals surface area contributed by atoms with E-state index in [4.69, 9.17) is 4.42 Å². The lowest BCUT2D eigenvalue weighted by molar-refractivity contribution is -0.136. The molecule has 0 saturated heterocycles. The number of carbonyl (C=O) groups excluding carboxylic acids is 1. The fourth-order valence-corrected chi connectivity index (χ4v) is 3.57. The molecule has 1 N–H and O–H groups in total. The first-order valence-corrected chi connectivity index (χ1v) is 9.11. The van der Waals surface area contributed by atoms with Gasteiger partial charge in [0.15, 0.2) is 0 Å². The van der Waals surface area contributed by atoms with E-state index in [1.165, 1.54) is 19.2 Å². The Bertz CT molecular complexity index is 762. The summed E-state index contributed by atoms with van der Waals surface area (Å²) in [5, 5.41) is 8.37. The van der Waals surface area contributed by atoms with Crippen molar-refractivity contribution in [3.63, 3.8) is 0 Å². The molecule has 0 bridgehead atoms. The molecule has 134 valence electrons. The van der Waals surface area contributed by atoms with E-state index in [-0.39, 0.29) is 17.9 Å². The summed E-state index contributed by atoms with van der Waals surface area (Å²) in [5.74, 6) is -1.51. The van der Waals surface area contributed by atoms with Gasteiger partial charge >= 0.3 is 11.9 Å². The minimum absolute atomic E-state index is 0.000954. The summed E-state index contributed by atoms with van der Waals surface area (Å²) in [6.07, 6.45) is 0.782. The van der Waals surface area contributed by atoms with Crippen molar-refractivity contribution in [3.05, 3.63) is 59.0 Å². The fourth-order valence-electron chi connectivity index (χ4n) is 2.33. The predicted octanol–water partition coefficient (Wildman–Crippen LogP) is 2.71. The van der Waals surface area contributed by atoms with E-state index < -0.39 is 28.0 Å². The van der Waals surface area contributed by atoms with Gasteiger partial charge in [-0.05, 0) is 37.5 Å². The van der Waals surface area contributed by atoms with Gasteiger partial charge in [-0.3, -0.25) is 9.00 Å². The van der Waals surface area contributed by atoms with Crippen molar-refractivity contribution >= 4 is 22.7 Å². The van der Waals surface area contributed by atoms with Crippen molar-refractivity contribution in [2.45, 2.75) is 30.8 Å². The highest BCUT2D eigenvalue weighted by molar-refractivity contribution is 7.85. The number of methoxy groups -OCH3 is 1. The van der Waals surface area contributed by atoms with Crippen LogP contribution in [0.15, 0.2) is 40.8 Å². The quantitative estimate of drug-likeness (QED) is 0.724. The minimum Gasteiger partial charge on any atom is -0.480 e. The van der Waals surface area contributed by atoms with Crippen molar-refractivity contribution in [3.8, 4) is 0 Å². The average Bonchev–Trinajstić information content (AvgIpc) is 3.04. The van der Waals surface area contributed by atoms with E-state index >= 15 is 0 Å². The van der Waals surface area contributed by atoms with Gasteiger partial charge in [0.05, 0.1) is 12.9 Å². The van der Waals surface area contributed by atoms with Crippen LogP contribution in [0.4, 0.5) is 0 Å². The van der Waals surface area contributed by atoms with Crippen LogP contribution < -0.4 is 0 Å². The molecule has 1 aromatic heterocycles. The number of benzene rings is 1. The van der Waals surface area contributed by atoms with Crippen LogP contribution in [0, 0.1) is 6.92 Å². The number of aryl methyl sites for hydroxylation is 2. The SMILES string of the molecule is COC(=O)c1ccc(CS(=O)C(CCc2ccc(C)cc2)C(=O)O)o1. The van der Waals surface area contributed by atoms with Crippen molar-refractivity contribution in [1.82, 2.24) is 0 Å². The maximum atomic E-state index is 12.4. The molecule has 1 heterocycles. The predicted molar refractivity (Wildman–Crippen MR) is 92.8 cm³/mol. The van der Waals surface area contributed by atoms with Gasteiger partial charge in [0.25, 0.3) is 0 Å². The van der Waals surface area contributed by atoms with Gasteiger partial charge in [0.2, 0.25) is 5.76 Å². The number of hydrogen-bond acceptors (Lipinski definition) is 5. The van der Waals surface area contributed by atoms with Gasteiger partial charge in [-0.1, -0.05) is 29.8 Å². The Labute approximate surface area is 148 Å². The van der Waals surface area contributed by atoms with Crippen LogP contribution in [0.3, 0.4) is 0 Å². The summed E-state index contributed by atoms with van der Waals surface area (Å²) in [6, 6.07) is 10.7. The van der Waals surface area contributed by atoms with Crippen LogP contribution in [-0.2, 0) is 32.5 Å². The highest BCUT2D eigenvalue weighted by Gasteiger charge is 2.26. The molecule has 0 fully saturated rings. The Hall–Kier alpha value is -2.41. The van der Waals surface area contributed by atoms with Crippen molar-refractivity contribution in [2.75, 3.05) is 7.11 Å². The maximum Gasteiger partial charge on any atom is 0.373 e. The first-order valence-electron chi connectivity index (χ1n) is 7.73. The summed E-state index contributed by atoms with van der Waals surface area (Å²) < 4.78 is 22.2. The zero-order valence-electron chi connectivity index (χ0n) is 14.1. The number of aliphatic carboxylic acids is 1. The molecule has 0 amide bonds. The molecular weight excluding hydrogens is 344 g/mol. The van der Waals surface area contributed by atoms with Crippen LogP contribution >= 0.6 is 0 Å². The van der Waals surface area contributed by atoms with Crippen molar-refractivity contribution in [1.29, 1.82) is 0 Å². The summed E-state index contributed by atoms with van der Waals surface area (Å²) >= 11 is 0. The lowest BCUT2D eigenvalue weighted by Crippen LogP contribution is -2.27. The van der Waals surface area contributed by atoms with Gasteiger partial charge in [-0.25, -0.2) is 4.79 Å². The zero-order chi connectivity index (χ0) is 18.4.